The minimum absolute atomic E-state index is 0.277. The van der Waals surface area contributed by atoms with Crippen LogP contribution in [0.4, 0.5) is 0 Å². The van der Waals surface area contributed by atoms with Crippen molar-refractivity contribution in [1.82, 2.24) is 5.32 Å². The fourth-order valence-electron chi connectivity index (χ4n) is 3.20. The van der Waals surface area contributed by atoms with Crippen LogP contribution in [0.25, 0.3) is 21.5 Å². The van der Waals surface area contributed by atoms with Crippen molar-refractivity contribution in [2.75, 3.05) is 7.11 Å². The Kier molecular flexibility index (Phi) is 5.55. The lowest BCUT2D eigenvalue weighted by atomic mass is 9.96. The monoisotopic (exact) mass is 361 g/mol. The summed E-state index contributed by atoms with van der Waals surface area (Å²) in [6.45, 7) is 3.91. The van der Waals surface area contributed by atoms with Gasteiger partial charge in [-0.2, -0.15) is 0 Å². The highest BCUT2D eigenvalue weighted by Crippen LogP contribution is 2.28. The molecule has 0 aromatic heterocycles. The number of amides is 1. The van der Waals surface area contributed by atoms with E-state index in [1.54, 1.807) is 0 Å². The molecule has 0 aliphatic heterocycles. The molecule has 0 saturated carbocycles. The van der Waals surface area contributed by atoms with Crippen LogP contribution >= 0.6 is 0 Å². The molecule has 0 fully saturated rings. The van der Waals surface area contributed by atoms with E-state index in [2.05, 4.69) is 11.4 Å². The number of methoxy groups -OCH3 is 1. The number of carbonyl (C=O) groups is 2. The van der Waals surface area contributed by atoms with Crippen LogP contribution in [-0.4, -0.2) is 25.0 Å². The van der Waals surface area contributed by atoms with Gasteiger partial charge in [0.1, 0.15) is 6.04 Å². The summed E-state index contributed by atoms with van der Waals surface area (Å²) < 4.78 is 4.87. The van der Waals surface area contributed by atoms with E-state index >= 15 is 0 Å². The molecule has 3 aromatic carbocycles. The molecule has 3 aromatic rings. The Labute approximate surface area is 158 Å². The molecule has 1 atom stereocenters. The second-order valence-electron chi connectivity index (χ2n) is 6.76. The number of fused-ring (bicyclic) bond motifs is 2. The van der Waals surface area contributed by atoms with Gasteiger partial charge in [-0.1, -0.05) is 60.2 Å². The van der Waals surface area contributed by atoms with Crippen molar-refractivity contribution in [3.63, 3.8) is 0 Å². The van der Waals surface area contributed by atoms with Crippen LogP contribution < -0.4 is 5.32 Å². The molecule has 0 spiro atoms. The van der Waals surface area contributed by atoms with Crippen molar-refractivity contribution in [2.24, 2.45) is 0 Å². The normalized spacial score (nSPS) is 11.8. The molecule has 0 bridgehead atoms. The predicted octanol–water partition coefficient (Wildman–Crippen LogP) is 4.62. The fraction of sp³-hybridized carbons (Fsp3) is 0.217. The van der Waals surface area contributed by atoms with Gasteiger partial charge in [-0.05, 0) is 47.9 Å². The Bertz CT molecular complexity index is 978. The number of nitrogens with one attached hydrogen (secondary N) is 1. The van der Waals surface area contributed by atoms with E-state index in [1.165, 1.54) is 7.11 Å². The standard InChI is InChI=1S/C23H23NO3/c1-15(2)12-13-20(23(26)27-3)24-22(25)21-18-10-6-4-8-16(18)14-17-9-5-7-11-19(17)21/h4-12,14,20H,13H2,1-3H3,(H,24,25)/t20-/m0/s1. The second-order valence-corrected chi connectivity index (χ2v) is 6.76. The van der Waals surface area contributed by atoms with Gasteiger partial charge in [-0.3, -0.25) is 4.79 Å². The van der Waals surface area contributed by atoms with Crippen LogP contribution in [0.15, 0.2) is 66.2 Å². The van der Waals surface area contributed by atoms with Gasteiger partial charge in [0.15, 0.2) is 0 Å². The third kappa shape index (κ3) is 4.00. The van der Waals surface area contributed by atoms with Crippen molar-refractivity contribution in [2.45, 2.75) is 26.3 Å². The van der Waals surface area contributed by atoms with E-state index < -0.39 is 12.0 Å². The van der Waals surface area contributed by atoms with Crippen LogP contribution in [0.3, 0.4) is 0 Å². The lowest BCUT2D eigenvalue weighted by Crippen LogP contribution is -2.41. The van der Waals surface area contributed by atoms with Crippen LogP contribution in [0.5, 0.6) is 0 Å². The van der Waals surface area contributed by atoms with Crippen LogP contribution in [-0.2, 0) is 9.53 Å². The number of hydrogen-bond acceptors (Lipinski definition) is 3. The molecular formula is C23H23NO3. The number of rotatable bonds is 5. The molecule has 3 rings (SSSR count). The van der Waals surface area contributed by atoms with Crippen LogP contribution in [0.2, 0.25) is 0 Å². The summed E-state index contributed by atoms with van der Waals surface area (Å²) in [4.78, 5) is 25.4. The van der Waals surface area contributed by atoms with E-state index in [4.69, 9.17) is 4.74 Å². The Morgan fingerprint density at radius 1 is 1.00 bits per heavy atom. The summed E-state index contributed by atoms with van der Waals surface area (Å²) in [5, 5.41) is 6.56. The summed E-state index contributed by atoms with van der Waals surface area (Å²) in [5.74, 6) is -0.731. The molecule has 0 heterocycles. The van der Waals surface area contributed by atoms with E-state index in [0.717, 1.165) is 27.1 Å². The van der Waals surface area contributed by atoms with Gasteiger partial charge < -0.3 is 10.1 Å². The highest BCUT2D eigenvalue weighted by atomic mass is 16.5. The number of ether oxygens (including phenoxy) is 1. The average molecular weight is 361 g/mol. The first-order valence-corrected chi connectivity index (χ1v) is 8.94. The summed E-state index contributed by atoms with van der Waals surface area (Å²) >= 11 is 0. The van der Waals surface area contributed by atoms with Crippen molar-refractivity contribution in [1.29, 1.82) is 0 Å². The summed E-state index contributed by atoms with van der Waals surface area (Å²) in [6, 6.07) is 16.9. The number of hydrogen-bond donors (Lipinski definition) is 1. The SMILES string of the molecule is COC(=O)[C@H](CC=C(C)C)NC(=O)c1c2ccccc2cc2ccccc12. The number of benzene rings is 3. The van der Waals surface area contributed by atoms with Crippen LogP contribution in [0, 0.1) is 0 Å². The third-order valence-electron chi connectivity index (χ3n) is 4.55. The van der Waals surface area contributed by atoms with Gasteiger partial charge in [0.2, 0.25) is 0 Å². The van der Waals surface area contributed by atoms with Crippen molar-refractivity contribution in [3.05, 3.63) is 71.8 Å². The Balaban J connectivity index is 2.07. The quantitative estimate of drug-likeness (QED) is 0.410. The molecule has 138 valence electrons. The van der Waals surface area contributed by atoms with E-state index in [1.807, 2.05) is 68.5 Å². The molecule has 1 N–H and O–H groups in total. The zero-order valence-corrected chi connectivity index (χ0v) is 15.8. The lowest BCUT2D eigenvalue weighted by molar-refractivity contribution is -0.142. The van der Waals surface area contributed by atoms with Gasteiger partial charge in [-0.15, -0.1) is 0 Å². The van der Waals surface area contributed by atoms with Gasteiger partial charge in [0, 0.05) is 0 Å². The van der Waals surface area contributed by atoms with E-state index in [9.17, 15) is 9.59 Å². The molecule has 0 saturated heterocycles. The molecule has 0 aliphatic rings. The van der Waals surface area contributed by atoms with Gasteiger partial charge >= 0.3 is 5.97 Å². The lowest BCUT2D eigenvalue weighted by Gasteiger charge is -2.17. The molecule has 27 heavy (non-hydrogen) atoms. The Morgan fingerprint density at radius 2 is 1.56 bits per heavy atom. The largest absolute Gasteiger partial charge is 0.467 e. The Morgan fingerprint density at radius 3 is 2.07 bits per heavy atom. The van der Waals surface area contributed by atoms with Gasteiger partial charge in [0.25, 0.3) is 5.91 Å². The minimum Gasteiger partial charge on any atom is -0.467 e. The van der Waals surface area contributed by atoms with Gasteiger partial charge in [0.05, 0.1) is 12.7 Å². The minimum atomic E-state index is -0.727. The average Bonchev–Trinajstić information content (AvgIpc) is 2.68. The first-order chi connectivity index (χ1) is 13.0. The maximum absolute atomic E-state index is 13.2. The number of allylic oxidation sites excluding steroid dienone is 1. The number of esters is 1. The highest BCUT2D eigenvalue weighted by molar-refractivity contribution is 6.18. The Hall–Kier alpha value is -3.14. The summed E-state index contributed by atoms with van der Waals surface area (Å²) in [7, 11) is 1.33. The van der Waals surface area contributed by atoms with Crippen molar-refractivity contribution < 1.29 is 14.3 Å². The van der Waals surface area contributed by atoms with Gasteiger partial charge in [-0.25, -0.2) is 4.79 Å². The fourth-order valence-corrected chi connectivity index (χ4v) is 3.20. The topological polar surface area (TPSA) is 55.4 Å². The first kappa shape index (κ1) is 18.6. The zero-order chi connectivity index (χ0) is 19.4. The summed E-state index contributed by atoms with van der Waals surface area (Å²) in [5.41, 5.74) is 1.66. The maximum atomic E-state index is 13.2. The third-order valence-corrected chi connectivity index (χ3v) is 4.55. The second kappa shape index (κ2) is 8.04. The molecule has 0 radical (unpaired) electrons. The first-order valence-electron chi connectivity index (χ1n) is 8.94. The molecule has 0 aliphatic carbocycles. The zero-order valence-electron chi connectivity index (χ0n) is 15.8. The molecule has 1 amide bonds. The van der Waals surface area contributed by atoms with Crippen molar-refractivity contribution in [3.8, 4) is 0 Å². The molecule has 4 heteroatoms. The molecular weight excluding hydrogens is 338 g/mol. The predicted molar refractivity (Wildman–Crippen MR) is 109 cm³/mol. The maximum Gasteiger partial charge on any atom is 0.328 e. The number of carbonyl (C=O) groups excluding carboxylic acids is 2. The smallest absolute Gasteiger partial charge is 0.328 e. The summed E-state index contributed by atoms with van der Waals surface area (Å²) in [6.07, 6.45) is 2.31. The highest BCUT2D eigenvalue weighted by Gasteiger charge is 2.23. The molecule has 0 unspecified atom stereocenters. The van der Waals surface area contributed by atoms with Crippen molar-refractivity contribution >= 4 is 33.4 Å². The van der Waals surface area contributed by atoms with E-state index in [0.29, 0.717) is 12.0 Å². The van der Waals surface area contributed by atoms with Crippen LogP contribution in [0.1, 0.15) is 30.6 Å². The molecule has 4 nitrogen and oxygen atoms in total. The van der Waals surface area contributed by atoms with E-state index in [-0.39, 0.29) is 5.91 Å².